The largest absolute Gasteiger partial charge is 0.324 e. The first-order valence-corrected chi connectivity index (χ1v) is 10.1. The summed E-state index contributed by atoms with van der Waals surface area (Å²) in [6.07, 6.45) is 5.16. The molecule has 0 saturated heterocycles. The molecule has 0 aliphatic heterocycles. The molecule has 0 aliphatic rings. The van der Waals surface area contributed by atoms with Gasteiger partial charge in [-0.2, -0.15) is 0 Å². The van der Waals surface area contributed by atoms with Gasteiger partial charge in [-0.1, -0.05) is 6.07 Å². The molecule has 4 rings (SSSR count). The maximum absolute atomic E-state index is 12.5. The molecule has 2 N–H and O–H groups in total. The molecule has 0 unspecified atom stereocenters. The molecule has 3 aromatic heterocycles. The number of rotatable bonds is 5. The van der Waals surface area contributed by atoms with E-state index in [1.807, 2.05) is 31.4 Å². The van der Waals surface area contributed by atoms with E-state index in [-0.39, 0.29) is 5.91 Å². The molecule has 9 heteroatoms. The molecule has 4 aromatic rings. The number of carbonyl (C=O) groups excluding carboxylic acids is 1. The predicted octanol–water partition coefficient (Wildman–Crippen LogP) is 4.67. The van der Waals surface area contributed by atoms with E-state index in [0.29, 0.717) is 16.6 Å². The molecule has 1 aromatic carbocycles. The summed E-state index contributed by atoms with van der Waals surface area (Å²) in [7, 11) is 0. The number of amides is 1. The van der Waals surface area contributed by atoms with E-state index in [1.54, 1.807) is 30.7 Å². The highest BCUT2D eigenvalue weighted by Crippen LogP contribution is 2.24. The van der Waals surface area contributed by atoms with Crippen molar-refractivity contribution in [1.82, 2.24) is 19.9 Å². The minimum Gasteiger partial charge on any atom is -0.324 e. The van der Waals surface area contributed by atoms with Crippen LogP contribution in [0.15, 0.2) is 48.2 Å². The number of hydrogen-bond acceptors (Lipinski definition) is 8. The topological polar surface area (TPSA) is 92.7 Å². The second kappa shape index (κ2) is 7.83. The van der Waals surface area contributed by atoms with Gasteiger partial charge in [-0.05, 0) is 37.6 Å². The Labute approximate surface area is 169 Å². The Kier molecular flexibility index (Phi) is 5.09. The van der Waals surface area contributed by atoms with Crippen molar-refractivity contribution in [2.75, 3.05) is 10.6 Å². The average Bonchev–Trinajstić information content (AvgIpc) is 3.36. The molecule has 0 bridgehead atoms. The van der Waals surface area contributed by atoms with Gasteiger partial charge in [0.2, 0.25) is 5.95 Å². The minimum atomic E-state index is -0.213. The van der Waals surface area contributed by atoms with Crippen molar-refractivity contribution in [2.24, 2.45) is 0 Å². The van der Waals surface area contributed by atoms with E-state index in [9.17, 15) is 4.79 Å². The Morgan fingerprint density at radius 2 is 1.96 bits per heavy atom. The van der Waals surface area contributed by atoms with Crippen LogP contribution >= 0.6 is 22.7 Å². The summed E-state index contributed by atoms with van der Waals surface area (Å²) in [5, 5.41) is 9.33. The lowest BCUT2D eigenvalue weighted by Gasteiger charge is -2.11. The van der Waals surface area contributed by atoms with E-state index in [4.69, 9.17) is 0 Å². The number of nitrogens with zero attached hydrogens (tertiary/aromatic N) is 4. The van der Waals surface area contributed by atoms with E-state index in [2.05, 4.69) is 30.6 Å². The zero-order valence-corrected chi connectivity index (χ0v) is 16.8. The van der Waals surface area contributed by atoms with Gasteiger partial charge in [-0.15, -0.1) is 22.7 Å². The molecule has 28 heavy (non-hydrogen) atoms. The predicted molar refractivity (Wildman–Crippen MR) is 112 cm³/mol. The lowest BCUT2D eigenvalue weighted by molar-refractivity contribution is 0.102. The fourth-order valence-electron chi connectivity index (χ4n) is 2.49. The summed E-state index contributed by atoms with van der Waals surface area (Å²) in [6, 6.07) is 7.26. The summed E-state index contributed by atoms with van der Waals surface area (Å²) < 4.78 is 0. The quantitative estimate of drug-likeness (QED) is 0.498. The van der Waals surface area contributed by atoms with E-state index < -0.39 is 0 Å². The Balaban J connectivity index is 1.56. The average molecular weight is 409 g/mol. The fourth-order valence-corrected chi connectivity index (χ4v) is 3.75. The fraction of sp³-hybridized carbons (Fsp3) is 0.105. The van der Waals surface area contributed by atoms with E-state index >= 15 is 0 Å². The van der Waals surface area contributed by atoms with Gasteiger partial charge in [0.25, 0.3) is 5.91 Å². The van der Waals surface area contributed by atoms with Crippen molar-refractivity contribution >= 4 is 45.3 Å². The molecule has 0 saturated carbocycles. The molecule has 0 aliphatic carbocycles. The van der Waals surface area contributed by atoms with Crippen LogP contribution < -0.4 is 10.6 Å². The third-order valence-corrected chi connectivity index (χ3v) is 5.52. The second-order valence-corrected chi connectivity index (χ2v) is 8.12. The molecule has 0 atom stereocenters. The molecule has 0 radical (unpaired) electrons. The molecule has 3 heterocycles. The first-order chi connectivity index (χ1) is 13.6. The van der Waals surface area contributed by atoms with Crippen LogP contribution in [0.4, 0.5) is 16.8 Å². The lowest BCUT2D eigenvalue weighted by atomic mass is 10.1. The third-order valence-electron chi connectivity index (χ3n) is 3.89. The number of benzene rings is 1. The number of hydrogen-bond donors (Lipinski definition) is 2. The van der Waals surface area contributed by atoms with Gasteiger partial charge in [0.05, 0.1) is 0 Å². The molecule has 7 nitrogen and oxygen atoms in total. The van der Waals surface area contributed by atoms with Crippen LogP contribution in [-0.2, 0) is 0 Å². The normalized spacial score (nSPS) is 10.6. The lowest BCUT2D eigenvalue weighted by Crippen LogP contribution is -2.12. The smallest absolute Gasteiger partial charge is 0.257 e. The zero-order valence-electron chi connectivity index (χ0n) is 15.1. The Morgan fingerprint density at radius 1 is 1.07 bits per heavy atom. The van der Waals surface area contributed by atoms with Crippen LogP contribution in [0, 0.1) is 13.8 Å². The Hall–Kier alpha value is -3.17. The van der Waals surface area contributed by atoms with Crippen molar-refractivity contribution in [3.8, 4) is 10.7 Å². The van der Waals surface area contributed by atoms with Gasteiger partial charge in [0.15, 0.2) is 5.13 Å². The second-order valence-electron chi connectivity index (χ2n) is 5.99. The highest BCUT2D eigenvalue weighted by molar-refractivity contribution is 7.15. The monoisotopic (exact) mass is 408 g/mol. The van der Waals surface area contributed by atoms with Crippen molar-refractivity contribution in [3.05, 3.63) is 64.2 Å². The molecular weight excluding hydrogens is 392 g/mol. The third kappa shape index (κ3) is 4.05. The van der Waals surface area contributed by atoms with Crippen molar-refractivity contribution < 1.29 is 4.79 Å². The van der Waals surface area contributed by atoms with Gasteiger partial charge in [0.1, 0.15) is 10.7 Å². The maximum atomic E-state index is 12.5. The molecule has 140 valence electrons. The van der Waals surface area contributed by atoms with Crippen LogP contribution in [0.1, 0.15) is 20.8 Å². The van der Waals surface area contributed by atoms with Gasteiger partial charge in [0, 0.05) is 40.1 Å². The van der Waals surface area contributed by atoms with E-state index in [0.717, 1.165) is 26.8 Å². The van der Waals surface area contributed by atoms with Crippen molar-refractivity contribution in [1.29, 1.82) is 0 Å². The van der Waals surface area contributed by atoms with Gasteiger partial charge in [-0.3, -0.25) is 10.1 Å². The Morgan fingerprint density at radius 3 is 2.71 bits per heavy atom. The highest BCUT2D eigenvalue weighted by atomic mass is 32.1. The summed E-state index contributed by atoms with van der Waals surface area (Å²) in [5.74, 6) is 0.235. The summed E-state index contributed by atoms with van der Waals surface area (Å²) in [4.78, 5) is 30.8. The number of anilines is 3. The van der Waals surface area contributed by atoms with E-state index in [1.165, 1.54) is 22.7 Å². The number of nitrogens with one attached hydrogen (secondary N) is 2. The summed E-state index contributed by atoms with van der Waals surface area (Å²) in [6.45, 7) is 3.90. The van der Waals surface area contributed by atoms with Crippen molar-refractivity contribution in [2.45, 2.75) is 13.8 Å². The number of aryl methyl sites for hydroxylation is 2. The zero-order chi connectivity index (χ0) is 19.5. The summed E-state index contributed by atoms with van der Waals surface area (Å²) in [5.41, 5.74) is 3.01. The minimum absolute atomic E-state index is 0.213. The SMILES string of the molecule is Cc1cnc(NC(=O)c2ccc(C)c(Nc3nccc(-c4nccs4)n3)c2)s1. The van der Waals surface area contributed by atoms with Crippen LogP contribution in [0.2, 0.25) is 0 Å². The van der Waals surface area contributed by atoms with Crippen LogP contribution in [0.5, 0.6) is 0 Å². The van der Waals surface area contributed by atoms with Crippen LogP contribution in [0.3, 0.4) is 0 Å². The van der Waals surface area contributed by atoms with Gasteiger partial charge in [-0.25, -0.2) is 19.9 Å². The van der Waals surface area contributed by atoms with Gasteiger partial charge < -0.3 is 5.32 Å². The number of thiazole rings is 2. The number of carbonyl (C=O) groups is 1. The maximum Gasteiger partial charge on any atom is 0.257 e. The first kappa shape index (κ1) is 18.2. The number of aromatic nitrogens is 4. The standard InChI is InChI=1S/C19H16N6OS2/c1-11-3-4-13(16(26)25-19-22-10-12(2)28-19)9-15(11)24-18-21-6-5-14(23-18)17-20-7-8-27-17/h3-10H,1-2H3,(H,21,23,24)(H,22,25,26). The van der Waals surface area contributed by atoms with Crippen LogP contribution in [0.25, 0.3) is 10.7 Å². The highest BCUT2D eigenvalue weighted by Gasteiger charge is 2.12. The molecule has 0 spiro atoms. The molecule has 0 fully saturated rings. The van der Waals surface area contributed by atoms with Crippen LogP contribution in [-0.4, -0.2) is 25.8 Å². The summed E-state index contributed by atoms with van der Waals surface area (Å²) >= 11 is 2.95. The van der Waals surface area contributed by atoms with Crippen molar-refractivity contribution in [3.63, 3.8) is 0 Å². The first-order valence-electron chi connectivity index (χ1n) is 8.43. The molecule has 1 amide bonds. The Bertz CT molecular complexity index is 1120. The molecular formula is C19H16N6OS2. The van der Waals surface area contributed by atoms with Gasteiger partial charge >= 0.3 is 0 Å².